The number of nitrogens with one attached hydrogen (secondary N) is 1. The summed E-state index contributed by atoms with van der Waals surface area (Å²) in [5, 5.41) is 10.6. The van der Waals surface area contributed by atoms with Crippen LogP contribution in [0.4, 0.5) is 0 Å². The van der Waals surface area contributed by atoms with Gasteiger partial charge in [0.05, 0.1) is 0 Å². The SMILES string of the molecule is C=CC(=O)NCCn1cnnc1C(C)C. The fourth-order valence-corrected chi connectivity index (χ4v) is 1.26. The highest BCUT2D eigenvalue weighted by atomic mass is 16.1. The Kier molecular flexibility index (Phi) is 4.03. The summed E-state index contributed by atoms with van der Waals surface area (Å²) in [6.07, 6.45) is 2.94. The van der Waals surface area contributed by atoms with Crippen molar-refractivity contribution in [2.75, 3.05) is 6.54 Å². The highest BCUT2D eigenvalue weighted by Gasteiger charge is 2.07. The second-order valence-electron chi connectivity index (χ2n) is 3.53. The van der Waals surface area contributed by atoms with Gasteiger partial charge in [0, 0.05) is 19.0 Å². The molecule has 1 aromatic rings. The van der Waals surface area contributed by atoms with Crippen molar-refractivity contribution in [3.05, 3.63) is 24.8 Å². The summed E-state index contributed by atoms with van der Waals surface area (Å²) in [6, 6.07) is 0. The lowest BCUT2D eigenvalue weighted by atomic mass is 10.2. The van der Waals surface area contributed by atoms with Crippen LogP contribution in [-0.4, -0.2) is 27.2 Å². The lowest BCUT2D eigenvalue weighted by molar-refractivity contribution is -0.116. The van der Waals surface area contributed by atoms with Gasteiger partial charge in [-0.1, -0.05) is 20.4 Å². The van der Waals surface area contributed by atoms with Crippen molar-refractivity contribution in [1.82, 2.24) is 20.1 Å². The van der Waals surface area contributed by atoms with E-state index in [9.17, 15) is 4.79 Å². The molecule has 1 amide bonds. The van der Waals surface area contributed by atoms with Crippen LogP contribution in [0.3, 0.4) is 0 Å². The van der Waals surface area contributed by atoms with Crippen LogP contribution in [0.15, 0.2) is 19.0 Å². The minimum atomic E-state index is -0.158. The third kappa shape index (κ3) is 3.19. The number of hydrogen-bond donors (Lipinski definition) is 1. The van der Waals surface area contributed by atoms with E-state index in [-0.39, 0.29) is 5.91 Å². The molecule has 1 N–H and O–H groups in total. The highest BCUT2D eigenvalue weighted by molar-refractivity contribution is 5.86. The smallest absolute Gasteiger partial charge is 0.243 e. The normalized spacial score (nSPS) is 10.3. The number of carbonyl (C=O) groups is 1. The van der Waals surface area contributed by atoms with Crippen molar-refractivity contribution in [1.29, 1.82) is 0 Å². The minimum absolute atomic E-state index is 0.158. The fraction of sp³-hybridized carbons (Fsp3) is 0.500. The van der Waals surface area contributed by atoms with Crippen LogP contribution in [-0.2, 0) is 11.3 Å². The molecule has 0 saturated carbocycles. The summed E-state index contributed by atoms with van der Waals surface area (Å²) in [7, 11) is 0. The molecule has 0 aliphatic carbocycles. The van der Waals surface area contributed by atoms with E-state index in [1.165, 1.54) is 6.08 Å². The molecule has 0 aliphatic heterocycles. The van der Waals surface area contributed by atoms with Crippen molar-refractivity contribution >= 4 is 5.91 Å². The van der Waals surface area contributed by atoms with Crippen LogP contribution in [0.1, 0.15) is 25.6 Å². The molecule has 82 valence electrons. The average molecular weight is 208 g/mol. The first kappa shape index (κ1) is 11.4. The molecule has 15 heavy (non-hydrogen) atoms. The van der Waals surface area contributed by atoms with Gasteiger partial charge in [-0.3, -0.25) is 4.79 Å². The second-order valence-corrected chi connectivity index (χ2v) is 3.53. The monoisotopic (exact) mass is 208 g/mol. The van der Waals surface area contributed by atoms with Crippen LogP contribution in [0.5, 0.6) is 0 Å². The maximum absolute atomic E-state index is 10.9. The first-order valence-electron chi connectivity index (χ1n) is 4.93. The third-order valence-corrected chi connectivity index (χ3v) is 2.00. The van der Waals surface area contributed by atoms with Crippen LogP contribution in [0.2, 0.25) is 0 Å². The van der Waals surface area contributed by atoms with Crippen LogP contribution in [0.25, 0.3) is 0 Å². The topological polar surface area (TPSA) is 59.8 Å². The third-order valence-electron chi connectivity index (χ3n) is 2.00. The summed E-state index contributed by atoms with van der Waals surface area (Å²) in [6.45, 7) is 8.73. The Bertz CT molecular complexity index is 343. The zero-order chi connectivity index (χ0) is 11.3. The predicted octanol–water partition coefficient (Wildman–Crippen LogP) is 0.704. The van der Waals surface area contributed by atoms with Gasteiger partial charge in [0.2, 0.25) is 5.91 Å². The van der Waals surface area contributed by atoms with E-state index in [1.807, 2.05) is 4.57 Å². The molecule has 0 fully saturated rings. The molecule has 1 aromatic heterocycles. The van der Waals surface area contributed by atoms with Gasteiger partial charge in [-0.25, -0.2) is 0 Å². The Morgan fingerprint density at radius 1 is 1.73 bits per heavy atom. The molecule has 0 spiro atoms. The van der Waals surface area contributed by atoms with Crippen molar-refractivity contribution in [3.63, 3.8) is 0 Å². The van der Waals surface area contributed by atoms with E-state index < -0.39 is 0 Å². The molecule has 1 heterocycles. The summed E-state index contributed by atoms with van der Waals surface area (Å²) in [4.78, 5) is 10.9. The number of amides is 1. The van der Waals surface area contributed by atoms with E-state index in [2.05, 4.69) is 35.9 Å². The van der Waals surface area contributed by atoms with Crippen LogP contribution in [0, 0.1) is 0 Å². The average Bonchev–Trinajstić information content (AvgIpc) is 2.65. The van der Waals surface area contributed by atoms with Gasteiger partial charge >= 0.3 is 0 Å². The quantitative estimate of drug-likeness (QED) is 0.725. The first-order valence-corrected chi connectivity index (χ1v) is 4.93. The van der Waals surface area contributed by atoms with E-state index >= 15 is 0 Å². The highest BCUT2D eigenvalue weighted by Crippen LogP contribution is 2.09. The van der Waals surface area contributed by atoms with Gasteiger partial charge in [0.15, 0.2) is 0 Å². The minimum Gasteiger partial charge on any atom is -0.351 e. The predicted molar refractivity (Wildman–Crippen MR) is 57.3 cm³/mol. The Balaban J connectivity index is 2.47. The molecule has 0 radical (unpaired) electrons. The number of rotatable bonds is 5. The number of hydrogen-bond acceptors (Lipinski definition) is 3. The summed E-state index contributed by atoms with van der Waals surface area (Å²) in [5.74, 6) is 1.11. The zero-order valence-corrected chi connectivity index (χ0v) is 9.10. The Morgan fingerprint density at radius 3 is 3.07 bits per heavy atom. The summed E-state index contributed by atoms with van der Waals surface area (Å²) >= 11 is 0. The molecule has 5 heteroatoms. The summed E-state index contributed by atoms with van der Waals surface area (Å²) < 4.78 is 1.94. The Labute approximate surface area is 89.2 Å². The Hall–Kier alpha value is -1.65. The first-order chi connectivity index (χ1) is 7.15. The van der Waals surface area contributed by atoms with E-state index in [0.717, 1.165) is 5.82 Å². The lowest BCUT2D eigenvalue weighted by Gasteiger charge is -2.08. The van der Waals surface area contributed by atoms with E-state index in [4.69, 9.17) is 0 Å². The zero-order valence-electron chi connectivity index (χ0n) is 9.10. The maximum atomic E-state index is 10.9. The van der Waals surface area contributed by atoms with Gasteiger partial charge in [-0.05, 0) is 6.08 Å². The number of aromatic nitrogens is 3. The van der Waals surface area contributed by atoms with Crippen molar-refractivity contribution < 1.29 is 4.79 Å². The van der Waals surface area contributed by atoms with Crippen LogP contribution < -0.4 is 5.32 Å². The molecule has 0 aromatic carbocycles. The molecule has 5 nitrogen and oxygen atoms in total. The molecule has 0 saturated heterocycles. The Morgan fingerprint density at radius 2 is 2.47 bits per heavy atom. The second kappa shape index (κ2) is 5.29. The molecular formula is C10H16N4O. The van der Waals surface area contributed by atoms with Gasteiger partial charge in [0.25, 0.3) is 0 Å². The number of carbonyl (C=O) groups excluding carboxylic acids is 1. The maximum Gasteiger partial charge on any atom is 0.243 e. The van der Waals surface area contributed by atoms with Crippen molar-refractivity contribution in [3.8, 4) is 0 Å². The fourth-order valence-electron chi connectivity index (χ4n) is 1.26. The largest absolute Gasteiger partial charge is 0.351 e. The number of nitrogens with zero attached hydrogens (tertiary/aromatic N) is 3. The molecule has 1 rings (SSSR count). The summed E-state index contributed by atoms with van der Waals surface area (Å²) in [5.41, 5.74) is 0. The molecule has 0 aliphatic rings. The van der Waals surface area contributed by atoms with E-state index in [1.54, 1.807) is 6.33 Å². The molecular weight excluding hydrogens is 192 g/mol. The van der Waals surface area contributed by atoms with Crippen LogP contribution >= 0.6 is 0 Å². The van der Waals surface area contributed by atoms with Gasteiger partial charge in [0.1, 0.15) is 12.2 Å². The van der Waals surface area contributed by atoms with Gasteiger partial charge in [-0.2, -0.15) is 0 Å². The molecule has 0 bridgehead atoms. The molecule has 0 atom stereocenters. The van der Waals surface area contributed by atoms with Gasteiger partial charge in [-0.15, -0.1) is 10.2 Å². The van der Waals surface area contributed by atoms with Gasteiger partial charge < -0.3 is 9.88 Å². The molecule has 0 unspecified atom stereocenters. The van der Waals surface area contributed by atoms with Crippen molar-refractivity contribution in [2.45, 2.75) is 26.3 Å². The lowest BCUT2D eigenvalue weighted by Crippen LogP contribution is -2.25. The standard InChI is InChI=1S/C10H16N4O/c1-4-9(15)11-5-6-14-7-12-13-10(14)8(2)3/h4,7-8H,1,5-6H2,2-3H3,(H,11,15). The van der Waals surface area contributed by atoms with Crippen molar-refractivity contribution in [2.24, 2.45) is 0 Å². The van der Waals surface area contributed by atoms with E-state index in [0.29, 0.717) is 19.0 Å².